The Morgan fingerprint density at radius 2 is 2.00 bits per heavy atom. The molecule has 1 saturated heterocycles. The van der Waals surface area contributed by atoms with Gasteiger partial charge >= 0.3 is 0 Å². The lowest BCUT2D eigenvalue weighted by molar-refractivity contribution is 0.167. The molecule has 1 fully saturated rings. The number of hydrogen-bond acceptors (Lipinski definition) is 4. The van der Waals surface area contributed by atoms with Crippen molar-refractivity contribution in [2.24, 2.45) is 10.7 Å². The summed E-state index contributed by atoms with van der Waals surface area (Å²) in [4.78, 5) is 11.5. The van der Waals surface area contributed by atoms with E-state index in [0.717, 1.165) is 25.1 Å². The average Bonchev–Trinajstić information content (AvgIpc) is 2.75. The van der Waals surface area contributed by atoms with E-state index in [1.54, 1.807) is 0 Å². The highest BCUT2D eigenvalue weighted by molar-refractivity contribution is 6.09. The zero-order chi connectivity index (χ0) is 19.8. The number of nitrogens with two attached hydrogens (primary N) is 1. The number of piperidine rings is 1. The molecule has 0 spiro atoms. The van der Waals surface area contributed by atoms with Crippen LogP contribution in [0.4, 0.5) is 0 Å². The molecule has 2 heterocycles. The zero-order valence-corrected chi connectivity index (χ0v) is 17.1. The van der Waals surface area contributed by atoms with E-state index in [9.17, 15) is 0 Å². The van der Waals surface area contributed by atoms with Gasteiger partial charge in [-0.15, -0.1) is 0 Å². The van der Waals surface area contributed by atoms with Crippen LogP contribution in [-0.2, 0) is 6.42 Å². The monoisotopic (exact) mass is 376 g/mol. The number of rotatable bonds is 7. The minimum absolute atomic E-state index is 0.195. The summed E-state index contributed by atoms with van der Waals surface area (Å²) in [5, 5.41) is 0. The highest BCUT2D eigenvalue weighted by atomic mass is 15.2. The molecule has 148 valence electrons. The van der Waals surface area contributed by atoms with E-state index in [-0.39, 0.29) is 6.17 Å². The van der Waals surface area contributed by atoms with Crippen molar-refractivity contribution in [3.63, 3.8) is 0 Å². The molecule has 1 unspecified atom stereocenters. The summed E-state index contributed by atoms with van der Waals surface area (Å²) in [5.74, 6) is 0.645. The number of pyridine rings is 1. The van der Waals surface area contributed by atoms with Crippen molar-refractivity contribution < 1.29 is 0 Å². The molecule has 4 nitrogen and oxygen atoms in total. The van der Waals surface area contributed by atoms with E-state index in [2.05, 4.69) is 66.2 Å². The van der Waals surface area contributed by atoms with Crippen LogP contribution in [0.15, 0.2) is 59.9 Å². The molecule has 1 aromatic heterocycles. The van der Waals surface area contributed by atoms with Gasteiger partial charge in [-0.05, 0) is 80.0 Å². The van der Waals surface area contributed by atoms with Crippen molar-refractivity contribution in [1.29, 1.82) is 0 Å². The molecule has 0 radical (unpaired) electrons. The third-order valence-electron chi connectivity index (χ3n) is 5.67. The third kappa shape index (κ3) is 5.37. The van der Waals surface area contributed by atoms with Gasteiger partial charge in [-0.1, -0.05) is 30.3 Å². The maximum absolute atomic E-state index is 5.70. The second kappa shape index (κ2) is 10.3. The first-order valence-corrected chi connectivity index (χ1v) is 10.3. The Morgan fingerprint density at radius 1 is 1.25 bits per heavy atom. The fourth-order valence-corrected chi connectivity index (χ4v) is 3.91. The van der Waals surface area contributed by atoms with Gasteiger partial charge in [0, 0.05) is 31.7 Å². The van der Waals surface area contributed by atoms with Crippen molar-refractivity contribution >= 4 is 11.8 Å². The number of benzene rings is 1. The lowest BCUT2D eigenvalue weighted by atomic mass is 9.90. The SMILES string of the molecule is C/C=C(\C=N/C(C)N1CCC(c2ccncc2)CC1)c1cccc(CCN)c1. The second-order valence-corrected chi connectivity index (χ2v) is 7.48. The summed E-state index contributed by atoms with van der Waals surface area (Å²) in [5.41, 5.74) is 10.8. The molecule has 0 aliphatic carbocycles. The summed E-state index contributed by atoms with van der Waals surface area (Å²) in [6, 6.07) is 12.9. The van der Waals surface area contributed by atoms with Gasteiger partial charge in [0.1, 0.15) is 0 Å². The molecule has 1 aliphatic heterocycles. The lowest BCUT2D eigenvalue weighted by Gasteiger charge is -2.34. The average molecular weight is 377 g/mol. The number of nitrogens with zero attached hydrogens (tertiary/aromatic N) is 3. The number of hydrogen-bond donors (Lipinski definition) is 1. The van der Waals surface area contributed by atoms with Gasteiger partial charge in [0.05, 0.1) is 6.17 Å². The van der Waals surface area contributed by atoms with Crippen molar-refractivity contribution in [2.75, 3.05) is 19.6 Å². The summed E-state index contributed by atoms with van der Waals surface area (Å²) >= 11 is 0. The van der Waals surface area contributed by atoms with E-state index < -0.39 is 0 Å². The van der Waals surface area contributed by atoms with E-state index in [1.807, 2.05) is 18.6 Å². The third-order valence-corrected chi connectivity index (χ3v) is 5.67. The van der Waals surface area contributed by atoms with Gasteiger partial charge < -0.3 is 5.73 Å². The first-order chi connectivity index (χ1) is 13.7. The maximum atomic E-state index is 5.70. The van der Waals surface area contributed by atoms with Crippen molar-refractivity contribution in [1.82, 2.24) is 9.88 Å². The van der Waals surface area contributed by atoms with Gasteiger partial charge in [0.25, 0.3) is 0 Å². The second-order valence-electron chi connectivity index (χ2n) is 7.48. The molecule has 2 aromatic rings. The zero-order valence-electron chi connectivity index (χ0n) is 17.1. The molecule has 1 atom stereocenters. The number of allylic oxidation sites excluding steroid dienone is 2. The summed E-state index contributed by atoms with van der Waals surface area (Å²) in [6.07, 6.45) is 11.4. The molecule has 2 N–H and O–H groups in total. The van der Waals surface area contributed by atoms with Crippen LogP contribution in [-0.4, -0.2) is 41.9 Å². The molecule has 0 saturated carbocycles. The highest BCUT2D eigenvalue weighted by Gasteiger charge is 2.23. The van der Waals surface area contributed by atoms with Crippen LogP contribution >= 0.6 is 0 Å². The van der Waals surface area contributed by atoms with Gasteiger partial charge in [-0.25, -0.2) is 0 Å². The maximum Gasteiger partial charge on any atom is 0.0990 e. The van der Waals surface area contributed by atoms with Crippen LogP contribution in [0.5, 0.6) is 0 Å². The first-order valence-electron chi connectivity index (χ1n) is 10.3. The topological polar surface area (TPSA) is 54.5 Å². The minimum Gasteiger partial charge on any atom is -0.330 e. The molecule has 1 aliphatic rings. The van der Waals surface area contributed by atoms with Crippen LogP contribution in [0, 0.1) is 0 Å². The van der Waals surface area contributed by atoms with Crippen LogP contribution in [0.3, 0.4) is 0 Å². The molecule has 3 rings (SSSR count). The summed E-state index contributed by atoms with van der Waals surface area (Å²) in [7, 11) is 0. The predicted molar refractivity (Wildman–Crippen MR) is 119 cm³/mol. The summed E-state index contributed by atoms with van der Waals surface area (Å²) < 4.78 is 0. The smallest absolute Gasteiger partial charge is 0.0990 e. The fourth-order valence-electron chi connectivity index (χ4n) is 3.91. The molecular formula is C24H32N4. The van der Waals surface area contributed by atoms with Gasteiger partial charge in [0.2, 0.25) is 0 Å². The molecule has 0 bridgehead atoms. The molecule has 4 heteroatoms. The highest BCUT2D eigenvalue weighted by Crippen LogP contribution is 2.28. The molecule has 0 amide bonds. The number of likely N-dealkylation sites (tertiary alicyclic amines) is 1. The van der Waals surface area contributed by atoms with E-state index in [1.165, 1.54) is 29.5 Å². The quantitative estimate of drug-likeness (QED) is 0.734. The van der Waals surface area contributed by atoms with Gasteiger partial charge in [-0.2, -0.15) is 0 Å². The Hall–Kier alpha value is -2.30. The Labute approximate surface area is 169 Å². The Bertz CT molecular complexity index is 789. The molecule has 1 aromatic carbocycles. The largest absolute Gasteiger partial charge is 0.330 e. The van der Waals surface area contributed by atoms with Gasteiger partial charge in [-0.3, -0.25) is 14.9 Å². The van der Waals surface area contributed by atoms with Crippen LogP contribution in [0.25, 0.3) is 5.57 Å². The van der Waals surface area contributed by atoms with E-state index in [0.29, 0.717) is 12.5 Å². The molecular weight excluding hydrogens is 344 g/mol. The summed E-state index contributed by atoms with van der Waals surface area (Å²) in [6.45, 7) is 7.11. The van der Waals surface area contributed by atoms with Crippen molar-refractivity contribution in [3.05, 3.63) is 71.6 Å². The standard InChI is InChI=1S/C24H32N4/c1-3-21(24-6-4-5-20(17-24)7-12-25)18-27-19(2)28-15-10-23(11-16-28)22-8-13-26-14-9-22/h3-6,8-9,13-14,17-19,23H,7,10-12,15-16,25H2,1-2H3/b21-3+,27-18-. The van der Waals surface area contributed by atoms with Crippen LogP contribution in [0.1, 0.15) is 49.3 Å². The van der Waals surface area contributed by atoms with Crippen LogP contribution < -0.4 is 5.73 Å². The van der Waals surface area contributed by atoms with Gasteiger partial charge in [0.15, 0.2) is 0 Å². The fraction of sp³-hybridized carbons (Fsp3) is 0.417. The normalized spacial score (nSPS) is 17.9. The van der Waals surface area contributed by atoms with E-state index >= 15 is 0 Å². The van der Waals surface area contributed by atoms with Crippen LogP contribution in [0.2, 0.25) is 0 Å². The number of aromatic nitrogens is 1. The Morgan fingerprint density at radius 3 is 2.68 bits per heavy atom. The Kier molecular flexibility index (Phi) is 7.52. The lowest BCUT2D eigenvalue weighted by Crippen LogP contribution is -2.38. The minimum atomic E-state index is 0.195. The predicted octanol–water partition coefficient (Wildman–Crippen LogP) is 4.28. The Balaban J connectivity index is 1.58. The van der Waals surface area contributed by atoms with E-state index in [4.69, 9.17) is 10.7 Å². The number of aliphatic imine (C=N–C) groups is 1. The molecule has 28 heavy (non-hydrogen) atoms. The van der Waals surface area contributed by atoms with Crippen molar-refractivity contribution in [3.8, 4) is 0 Å². The first kappa shape index (κ1) is 20.4. The van der Waals surface area contributed by atoms with Crippen molar-refractivity contribution in [2.45, 2.75) is 45.2 Å².